The summed E-state index contributed by atoms with van der Waals surface area (Å²) in [5, 5.41) is 22.2. The van der Waals surface area contributed by atoms with Crippen molar-refractivity contribution in [3.8, 4) is 0 Å². The molecule has 0 radical (unpaired) electrons. The van der Waals surface area contributed by atoms with E-state index in [0.29, 0.717) is 17.4 Å². The number of rotatable bonds is 4. The maximum atomic E-state index is 10.7. The normalized spacial score (nSPS) is 12.8. The molecule has 0 aromatic carbocycles. The molecule has 9 heteroatoms. The highest BCUT2D eigenvalue weighted by Crippen LogP contribution is 2.25. The summed E-state index contributed by atoms with van der Waals surface area (Å²) in [5.41, 5.74) is 0.651. The zero-order chi connectivity index (χ0) is 17.7. The number of aryl methyl sites for hydroxylation is 1. The highest BCUT2D eigenvalue weighted by Gasteiger charge is 2.23. The van der Waals surface area contributed by atoms with Crippen LogP contribution in [0.2, 0.25) is 5.15 Å². The number of pyridine rings is 2. The molecule has 1 aliphatic rings. The largest absolute Gasteiger partial charge is 0.478 e. The van der Waals surface area contributed by atoms with E-state index in [2.05, 4.69) is 15.3 Å². The number of anilines is 1. The minimum Gasteiger partial charge on any atom is -0.478 e. The minimum absolute atomic E-state index is 0.0602. The zero-order valence-electron chi connectivity index (χ0n) is 12.8. The maximum Gasteiger partial charge on any atom is 0.339 e. The molecule has 24 heavy (non-hydrogen) atoms. The summed E-state index contributed by atoms with van der Waals surface area (Å²) in [6, 6.07) is 5.15. The number of nitro groups is 1. The Hall–Kier alpha value is -2.74. The van der Waals surface area contributed by atoms with Crippen molar-refractivity contribution in [3.63, 3.8) is 0 Å². The summed E-state index contributed by atoms with van der Waals surface area (Å²) in [6.07, 6.45) is 5.24. The first-order valence-electron chi connectivity index (χ1n) is 7.10. The lowest BCUT2D eigenvalue weighted by molar-refractivity contribution is -0.385. The Bertz CT molecular complexity index is 745. The molecule has 0 unspecified atom stereocenters. The van der Waals surface area contributed by atoms with Crippen LogP contribution < -0.4 is 5.32 Å². The highest BCUT2D eigenvalue weighted by molar-refractivity contribution is 6.31. The van der Waals surface area contributed by atoms with E-state index in [0.717, 1.165) is 12.8 Å². The van der Waals surface area contributed by atoms with Crippen LogP contribution in [0.5, 0.6) is 0 Å². The Morgan fingerprint density at radius 3 is 2.58 bits per heavy atom. The topological polar surface area (TPSA) is 118 Å². The number of hydrogen-bond donors (Lipinski definition) is 2. The average molecular weight is 351 g/mol. The van der Waals surface area contributed by atoms with Gasteiger partial charge in [0.15, 0.2) is 0 Å². The smallest absolute Gasteiger partial charge is 0.339 e. The molecule has 0 amide bonds. The van der Waals surface area contributed by atoms with E-state index >= 15 is 0 Å². The lowest BCUT2D eigenvalue weighted by Crippen LogP contribution is -2.09. The number of carboxylic acid groups (broad SMARTS) is 1. The summed E-state index contributed by atoms with van der Waals surface area (Å²) in [6.45, 7) is 1.62. The molecule has 0 atom stereocenters. The number of carbonyl (C=O) groups is 1. The number of aromatic nitrogens is 2. The first kappa shape index (κ1) is 17.6. The Morgan fingerprint density at radius 2 is 2.08 bits per heavy atom. The zero-order valence-corrected chi connectivity index (χ0v) is 13.5. The standard InChI is InChI=1S/C9H10N2O2.C6H5ClN2O2/c12-9(13)7-2-1-5-10-8(7)11-6-3-4-6;1-4-2-3-8-6(7)5(4)9(10)11/h1-2,5-6H,3-4H2,(H,10,11)(H,12,13);2-3H,1H3. The van der Waals surface area contributed by atoms with Crippen molar-refractivity contribution >= 4 is 29.1 Å². The minimum atomic E-state index is -0.934. The molecule has 2 aromatic rings. The molecule has 0 aliphatic heterocycles. The van der Waals surface area contributed by atoms with Crippen LogP contribution in [0.1, 0.15) is 28.8 Å². The quantitative estimate of drug-likeness (QED) is 0.493. The van der Waals surface area contributed by atoms with Crippen LogP contribution in [0.25, 0.3) is 0 Å². The van der Waals surface area contributed by atoms with Crippen molar-refractivity contribution in [2.45, 2.75) is 25.8 Å². The summed E-state index contributed by atoms with van der Waals surface area (Å²) in [5.74, 6) is -0.450. The molecule has 1 fully saturated rings. The van der Waals surface area contributed by atoms with Gasteiger partial charge in [0.25, 0.3) is 0 Å². The molecule has 8 nitrogen and oxygen atoms in total. The Labute approximate surface area is 142 Å². The van der Waals surface area contributed by atoms with E-state index in [9.17, 15) is 14.9 Å². The second-order valence-electron chi connectivity index (χ2n) is 5.15. The summed E-state index contributed by atoms with van der Waals surface area (Å²) in [7, 11) is 0. The molecule has 2 N–H and O–H groups in total. The van der Waals surface area contributed by atoms with Gasteiger partial charge in [0.05, 0.1) is 4.92 Å². The number of nitrogens with one attached hydrogen (secondary N) is 1. The molecule has 0 saturated heterocycles. The van der Waals surface area contributed by atoms with Crippen molar-refractivity contribution in [2.24, 2.45) is 0 Å². The van der Waals surface area contributed by atoms with E-state index < -0.39 is 10.9 Å². The predicted octanol–water partition coefficient (Wildman–Crippen LogP) is 3.31. The molecular weight excluding hydrogens is 336 g/mol. The van der Waals surface area contributed by atoms with Crippen molar-refractivity contribution in [1.82, 2.24) is 9.97 Å². The number of aromatic carboxylic acids is 1. The van der Waals surface area contributed by atoms with E-state index in [1.54, 1.807) is 31.3 Å². The van der Waals surface area contributed by atoms with E-state index in [1.165, 1.54) is 6.20 Å². The molecule has 2 heterocycles. The number of carboxylic acids is 1. The van der Waals surface area contributed by atoms with Gasteiger partial charge in [0.1, 0.15) is 11.4 Å². The monoisotopic (exact) mass is 350 g/mol. The van der Waals surface area contributed by atoms with Crippen LogP contribution in [0.4, 0.5) is 11.5 Å². The maximum absolute atomic E-state index is 10.7. The second-order valence-corrected chi connectivity index (χ2v) is 5.51. The van der Waals surface area contributed by atoms with Crippen LogP contribution in [-0.2, 0) is 0 Å². The SMILES string of the molecule is Cc1ccnc(Cl)c1[N+](=O)[O-].O=C(O)c1cccnc1NC1CC1. The first-order valence-corrected chi connectivity index (χ1v) is 7.48. The molecule has 0 spiro atoms. The number of nitrogens with zero attached hydrogens (tertiary/aromatic N) is 3. The van der Waals surface area contributed by atoms with Gasteiger partial charge in [-0.15, -0.1) is 0 Å². The molecule has 3 rings (SSSR count). The fourth-order valence-corrected chi connectivity index (χ4v) is 2.12. The van der Waals surface area contributed by atoms with Gasteiger partial charge in [-0.3, -0.25) is 10.1 Å². The van der Waals surface area contributed by atoms with Gasteiger partial charge >= 0.3 is 11.7 Å². The van der Waals surface area contributed by atoms with Gasteiger partial charge < -0.3 is 10.4 Å². The van der Waals surface area contributed by atoms with Crippen molar-refractivity contribution in [2.75, 3.05) is 5.32 Å². The second kappa shape index (κ2) is 7.69. The highest BCUT2D eigenvalue weighted by atomic mass is 35.5. The van der Waals surface area contributed by atoms with Crippen molar-refractivity contribution in [3.05, 3.63) is 57.0 Å². The Morgan fingerprint density at radius 1 is 1.38 bits per heavy atom. The Kier molecular flexibility index (Phi) is 5.64. The van der Waals surface area contributed by atoms with Crippen LogP contribution in [-0.4, -0.2) is 32.0 Å². The van der Waals surface area contributed by atoms with Crippen LogP contribution in [0, 0.1) is 17.0 Å². The van der Waals surface area contributed by atoms with Gasteiger partial charge in [-0.2, -0.15) is 0 Å². The first-order chi connectivity index (χ1) is 11.4. The summed E-state index contributed by atoms with van der Waals surface area (Å²) >= 11 is 5.47. The fourth-order valence-electron chi connectivity index (χ4n) is 1.85. The third-order valence-corrected chi connectivity index (χ3v) is 3.50. The summed E-state index contributed by atoms with van der Waals surface area (Å²) in [4.78, 5) is 28.1. The van der Waals surface area contributed by atoms with Crippen LogP contribution in [0.15, 0.2) is 30.6 Å². The molecule has 126 valence electrons. The molecule has 1 saturated carbocycles. The fraction of sp³-hybridized carbons (Fsp3) is 0.267. The van der Waals surface area contributed by atoms with Gasteiger partial charge in [0.2, 0.25) is 5.15 Å². The number of hydrogen-bond acceptors (Lipinski definition) is 6. The van der Waals surface area contributed by atoms with Crippen LogP contribution >= 0.6 is 11.6 Å². The van der Waals surface area contributed by atoms with Gasteiger partial charge in [-0.1, -0.05) is 11.6 Å². The molecular formula is C15H15ClN4O4. The molecule has 1 aliphatic carbocycles. The van der Waals surface area contributed by atoms with Crippen molar-refractivity contribution in [1.29, 1.82) is 0 Å². The molecule has 2 aromatic heterocycles. The average Bonchev–Trinajstić information content (AvgIpc) is 3.32. The lowest BCUT2D eigenvalue weighted by atomic mass is 10.2. The summed E-state index contributed by atoms with van der Waals surface area (Å²) < 4.78 is 0. The third-order valence-electron chi connectivity index (χ3n) is 3.22. The number of halogens is 1. The predicted molar refractivity (Wildman–Crippen MR) is 88.5 cm³/mol. The lowest BCUT2D eigenvalue weighted by Gasteiger charge is -2.05. The van der Waals surface area contributed by atoms with Crippen LogP contribution in [0.3, 0.4) is 0 Å². The Balaban J connectivity index is 0.000000177. The molecule has 0 bridgehead atoms. The van der Waals surface area contributed by atoms with Crippen molar-refractivity contribution < 1.29 is 14.8 Å². The van der Waals surface area contributed by atoms with Gasteiger partial charge in [-0.05, 0) is 38.0 Å². The van der Waals surface area contributed by atoms with E-state index in [-0.39, 0.29) is 16.4 Å². The third kappa shape index (κ3) is 4.63. The van der Waals surface area contributed by atoms with Gasteiger partial charge in [-0.25, -0.2) is 14.8 Å². The van der Waals surface area contributed by atoms with E-state index in [1.807, 2.05) is 0 Å². The van der Waals surface area contributed by atoms with Gasteiger partial charge in [0, 0.05) is 24.0 Å². The van der Waals surface area contributed by atoms with E-state index in [4.69, 9.17) is 16.7 Å².